The van der Waals surface area contributed by atoms with Gasteiger partial charge in [0, 0.05) is 5.56 Å². The molecule has 0 unspecified atom stereocenters. The Balaban J connectivity index is 2.10. The molecule has 21 heavy (non-hydrogen) atoms. The van der Waals surface area contributed by atoms with Crippen molar-refractivity contribution in [2.24, 2.45) is 0 Å². The van der Waals surface area contributed by atoms with Crippen LogP contribution < -0.4 is 10.1 Å². The Morgan fingerprint density at radius 3 is 2.52 bits per heavy atom. The number of anilines is 1. The number of aromatic nitrogens is 2. The average Bonchev–Trinajstić information content (AvgIpc) is 2.87. The summed E-state index contributed by atoms with van der Waals surface area (Å²) in [6.07, 6.45) is -5.02. The zero-order valence-corrected chi connectivity index (χ0v) is 10.8. The average molecular weight is 301 g/mol. The van der Waals surface area contributed by atoms with Gasteiger partial charge in [0.15, 0.2) is 0 Å². The molecule has 1 heterocycles. The zero-order chi connectivity index (χ0) is 15.5. The molecule has 2 aromatic rings. The Bertz CT molecular complexity index is 623. The van der Waals surface area contributed by atoms with Crippen LogP contribution >= 0.6 is 0 Å². The first-order valence-corrected chi connectivity index (χ1v) is 5.85. The highest BCUT2D eigenvalue weighted by atomic mass is 19.4. The number of carbonyl (C=O) groups excluding carboxylic acids is 1. The lowest BCUT2D eigenvalue weighted by Crippen LogP contribution is -2.30. The second kappa shape index (κ2) is 5.81. The van der Waals surface area contributed by atoms with Crippen LogP contribution in [0.1, 0.15) is 6.92 Å². The van der Waals surface area contributed by atoms with Gasteiger partial charge < -0.3 is 9.15 Å². The Hall–Kier alpha value is -2.58. The first-order chi connectivity index (χ1) is 9.90. The molecule has 0 saturated heterocycles. The van der Waals surface area contributed by atoms with Gasteiger partial charge in [-0.3, -0.25) is 10.1 Å². The highest BCUT2D eigenvalue weighted by Crippen LogP contribution is 2.23. The molecule has 0 spiro atoms. The molecule has 6 nitrogen and oxygen atoms in total. The topological polar surface area (TPSA) is 77.3 Å². The lowest BCUT2D eigenvalue weighted by atomic mass is 10.2. The van der Waals surface area contributed by atoms with Crippen LogP contribution in [0.25, 0.3) is 11.5 Å². The van der Waals surface area contributed by atoms with Gasteiger partial charge in [-0.25, -0.2) is 0 Å². The van der Waals surface area contributed by atoms with Crippen LogP contribution in [0.4, 0.5) is 19.2 Å². The Kier molecular flexibility index (Phi) is 4.10. The van der Waals surface area contributed by atoms with Crippen LogP contribution in [0.15, 0.2) is 28.7 Å². The summed E-state index contributed by atoms with van der Waals surface area (Å²) >= 11 is 0. The SMILES string of the molecule is CCOc1ccc(-c2nnc(NC(=O)C(F)(F)F)o2)cc1. The highest BCUT2D eigenvalue weighted by molar-refractivity contribution is 5.93. The third-order valence-electron chi connectivity index (χ3n) is 2.32. The van der Waals surface area contributed by atoms with E-state index in [-0.39, 0.29) is 5.89 Å². The number of nitrogens with one attached hydrogen (secondary N) is 1. The van der Waals surface area contributed by atoms with E-state index in [9.17, 15) is 18.0 Å². The Labute approximate surface area is 116 Å². The van der Waals surface area contributed by atoms with E-state index in [4.69, 9.17) is 9.15 Å². The second-order valence-corrected chi connectivity index (χ2v) is 3.82. The number of ether oxygens (including phenoxy) is 1. The summed E-state index contributed by atoms with van der Waals surface area (Å²) in [6, 6.07) is 5.89. The Morgan fingerprint density at radius 1 is 1.29 bits per heavy atom. The van der Waals surface area contributed by atoms with Gasteiger partial charge in [-0.15, -0.1) is 5.10 Å². The van der Waals surface area contributed by atoms with Crippen LogP contribution in [0.5, 0.6) is 5.75 Å². The molecule has 1 amide bonds. The molecule has 0 aliphatic rings. The Morgan fingerprint density at radius 2 is 1.95 bits per heavy atom. The van der Waals surface area contributed by atoms with Crippen LogP contribution in [-0.4, -0.2) is 28.9 Å². The molecule has 1 N–H and O–H groups in total. The molecular formula is C12H10F3N3O3. The van der Waals surface area contributed by atoms with Gasteiger partial charge in [0.25, 0.3) is 0 Å². The molecule has 112 valence electrons. The van der Waals surface area contributed by atoms with Gasteiger partial charge in [0.1, 0.15) is 5.75 Å². The third-order valence-corrected chi connectivity index (χ3v) is 2.32. The van der Waals surface area contributed by atoms with E-state index in [0.29, 0.717) is 17.9 Å². The van der Waals surface area contributed by atoms with Crippen molar-refractivity contribution in [1.82, 2.24) is 10.2 Å². The van der Waals surface area contributed by atoms with Gasteiger partial charge in [-0.2, -0.15) is 13.2 Å². The molecule has 0 saturated carbocycles. The molecule has 1 aromatic carbocycles. The number of hydrogen-bond donors (Lipinski definition) is 1. The fourth-order valence-electron chi connectivity index (χ4n) is 1.42. The normalized spacial score (nSPS) is 11.2. The van der Waals surface area contributed by atoms with E-state index in [1.807, 2.05) is 6.92 Å². The minimum atomic E-state index is -5.02. The number of alkyl halides is 3. The molecular weight excluding hydrogens is 291 g/mol. The van der Waals surface area contributed by atoms with Crippen molar-refractivity contribution in [3.63, 3.8) is 0 Å². The van der Waals surface area contributed by atoms with E-state index in [1.165, 1.54) is 5.32 Å². The molecule has 2 rings (SSSR count). The van der Waals surface area contributed by atoms with Crippen molar-refractivity contribution in [2.45, 2.75) is 13.1 Å². The van der Waals surface area contributed by atoms with Crippen LogP contribution in [0.3, 0.4) is 0 Å². The summed E-state index contributed by atoms with van der Waals surface area (Å²) in [7, 11) is 0. The van der Waals surface area contributed by atoms with E-state index in [0.717, 1.165) is 0 Å². The summed E-state index contributed by atoms with van der Waals surface area (Å²) in [6.45, 7) is 2.34. The lowest BCUT2D eigenvalue weighted by molar-refractivity contribution is -0.167. The summed E-state index contributed by atoms with van der Waals surface area (Å²) in [4.78, 5) is 10.7. The maximum absolute atomic E-state index is 12.1. The van der Waals surface area contributed by atoms with Crippen LogP contribution in [0, 0.1) is 0 Å². The molecule has 1 aromatic heterocycles. The fourth-order valence-corrected chi connectivity index (χ4v) is 1.42. The highest BCUT2D eigenvalue weighted by Gasteiger charge is 2.39. The van der Waals surface area contributed by atoms with Crippen molar-refractivity contribution < 1.29 is 27.1 Å². The number of nitrogens with zero attached hydrogens (tertiary/aromatic N) is 2. The van der Waals surface area contributed by atoms with Crippen molar-refractivity contribution in [3.05, 3.63) is 24.3 Å². The van der Waals surface area contributed by atoms with E-state index < -0.39 is 18.1 Å². The minimum absolute atomic E-state index is 0.0180. The van der Waals surface area contributed by atoms with Gasteiger partial charge in [-0.1, -0.05) is 5.10 Å². The molecule has 0 bridgehead atoms. The summed E-state index contributed by atoms with van der Waals surface area (Å²) in [5, 5.41) is 8.36. The van der Waals surface area contributed by atoms with Gasteiger partial charge in [-0.05, 0) is 31.2 Å². The fraction of sp³-hybridized carbons (Fsp3) is 0.250. The minimum Gasteiger partial charge on any atom is -0.494 e. The van der Waals surface area contributed by atoms with Crippen LogP contribution in [-0.2, 0) is 4.79 Å². The largest absolute Gasteiger partial charge is 0.494 e. The van der Waals surface area contributed by atoms with Crippen molar-refractivity contribution >= 4 is 11.9 Å². The first kappa shape index (κ1) is 14.8. The molecule has 0 atom stereocenters. The number of halogens is 3. The standard InChI is InChI=1S/C12H10F3N3O3/c1-2-20-8-5-3-7(4-6-8)9-17-18-11(21-9)16-10(19)12(13,14)15/h3-6H,2H2,1H3,(H,16,18,19). The van der Waals surface area contributed by atoms with Crippen molar-refractivity contribution in [2.75, 3.05) is 11.9 Å². The number of amides is 1. The first-order valence-electron chi connectivity index (χ1n) is 5.85. The lowest BCUT2D eigenvalue weighted by Gasteiger charge is -2.03. The number of rotatable bonds is 4. The maximum atomic E-state index is 12.1. The number of carbonyl (C=O) groups is 1. The van der Waals surface area contributed by atoms with Gasteiger partial charge in [0.2, 0.25) is 5.89 Å². The van der Waals surface area contributed by atoms with Crippen molar-refractivity contribution in [3.8, 4) is 17.2 Å². The summed E-state index contributed by atoms with van der Waals surface area (Å²) in [5.41, 5.74) is 0.485. The predicted molar refractivity (Wildman–Crippen MR) is 65.6 cm³/mol. The monoisotopic (exact) mass is 301 g/mol. The van der Waals surface area contributed by atoms with Gasteiger partial charge in [0.05, 0.1) is 6.61 Å². The maximum Gasteiger partial charge on any atom is 0.471 e. The third kappa shape index (κ3) is 3.71. The molecule has 0 aliphatic heterocycles. The smallest absolute Gasteiger partial charge is 0.471 e. The summed E-state index contributed by atoms with van der Waals surface area (Å²) in [5.74, 6) is -1.56. The van der Waals surface area contributed by atoms with Crippen molar-refractivity contribution in [1.29, 1.82) is 0 Å². The summed E-state index contributed by atoms with van der Waals surface area (Å²) < 4.78 is 46.4. The van der Waals surface area contributed by atoms with Gasteiger partial charge >= 0.3 is 18.1 Å². The van der Waals surface area contributed by atoms with Crippen LogP contribution in [0.2, 0.25) is 0 Å². The second-order valence-electron chi connectivity index (χ2n) is 3.82. The predicted octanol–water partition coefficient (Wildman–Crippen LogP) is 2.64. The molecule has 9 heteroatoms. The molecule has 0 fully saturated rings. The molecule has 0 aliphatic carbocycles. The molecule has 0 radical (unpaired) electrons. The number of hydrogen-bond acceptors (Lipinski definition) is 5. The zero-order valence-electron chi connectivity index (χ0n) is 10.8. The van der Waals surface area contributed by atoms with E-state index in [1.54, 1.807) is 24.3 Å². The quantitative estimate of drug-likeness (QED) is 0.939. The van der Waals surface area contributed by atoms with E-state index >= 15 is 0 Å². The number of benzene rings is 1. The van der Waals surface area contributed by atoms with E-state index in [2.05, 4.69) is 10.2 Å².